The summed E-state index contributed by atoms with van der Waals surface area (Å²) in [4.78, 5) is 4.76. The second-order valence-electron chi connectivity index (χ2n) is 6.94. The first-order chi connectivity index (χ1) is 13.9. The van der Waals surface area contributed by atoms with Crippen LogP contribution in [0.4, 0.5) is 24.5 Å². The van der Waals surface area contributed by atoms with E-state index in [4.69, 9.17) is 10.3 Å². The molecule has 0 fully saturated rings. The maximum Gasteiger partial charge on any atom is 0.393 e. The lowest BCUT2D eigenvalue weighted by Gasteiger charge is -2.07. The van der Waals surface area contributed by atoms with Crippen molar-refractivity contribution in [2.45, 2.75) is 25.1 Å². The largest absolute Gasteiger partial charge is 0.398 e. The van der Waals surface area contributed by atoms with Gasteiger partial charge in [0.15, 0.2) is 0 Å². The smallest absolute Gasteiger partial charge is 0.393 e. The number of thiophene rings is 1. The molecule has 1 atom stereocenters. The van der Waals surface area contributed by atoms with Crippen LogP contribution in [0.25, 0.3) is 20.8 Å². The van der Waals surface area contributed by atoms with Crippen LogP contribution in [0.3, 0.4) is 0 Å². The molecule has 0 aliphatic carbocycles. The molecule has 2 aromatic heterocycles. The number of nitrogens with zero attached hydrogens (tertiary/aromatic N) is 2. The van der Waals surface area contributed by atoms with Crippen LogP contribution in [0.1, 0.15) is 23.1 Å². The van der Waals surface area contributed by atoms with Crippen molar-refractivity contribution in [2.24, 2.45) is 0 Å². The van der Waals surface area contributed by atoms with E-state index in [9.17, 15) is 13.2 Å². The first kappa shape index (κ1) is 18.0. The minimum Gasteiger partial charge on any atom is -0.398 e. The molecule has 0 saturated carbocycles. The number of alkyl halides is 3. The molecule has 1 aliphatic rings. The van der Waals surface area contributed by atoms with Crippen LogP contribution in [0.15, 0.2) is 47.0 Å². The van der Waals surface area contributed by atoms with Gasteiger partial charge in [0, 0.05) is 17.8 Å². The highest BCUT2D eigenvalue weighted by molar-refractivity contribution is 7.23. The zero-order chi connectivity index (χ0) is 20.2. The van der Waals surface area contributed by atoms with Gasteiger partial charge in [0.1, 0.15) is 6.04 Å². The fourth-order valence-corrected chi connectivity index (χ4v) is 4.84. The monoisotopic (exact) mass is 416 g/mol. The number of fused-ring (bicyclic) bond motifs is 2. The van der Waals surface area contributed by atoms with Gasteiger partial charge in [-0.25, -0.2) is 0 Å². The van der Waals surface area contributed by atoms with E-state index >= 15 is 0 Å². The molecule has 0 bridgehead atoms. The molecular formula is C20H15F3N4OS. The number of nitrogen functional groups attached to an aromatic ring is 1. The molecule has 4 aromatic rings. The molecule has 0 saturated heterocycles. The predicted molar refractivity (Wildman–Crippen MR) is 106 cm³/mol. The fraction of sp³-hybridized carbons (Fsp3) is 0.200. The average Bonchev–Trinajstić information content (AvgIpc) is 3.37. The molecule has 3 N–H and O–H groups in total. The van der Waals surface area contributed by atoms with Crippen LogP contribution in [-0.2, 0) is 12.8 Å². The SMILES string of the molecule is Nc1cccc2c(CC(F)(F)F)c(-c3noc(C4Cc5ccccc5N4)n3)sc12. The van der Waals surface area contributed by atoms with Crippen molar-refractivity contribution >= 4 is 32.8 Å². The van der Waals surface area contributed by atoms with E-state index in [0.29, 0.717) is 33.0 Å². The fourth-order valence-electron chi connectivity index (χ4n) is 3.66. The summed E-state index contributed by atoms with van der Waals surface area (Å²) in [7, 11) is 0. The number of benzene rings is 2. The maximum absolute atomic E-state index is 13.2. The van der Waals surface area contributed by atoms with Gasteiger partial charge in [-0.1, -0.05) is 35.5 Å². The van der Waals surface area contributed by atoms with Crippen LogP contribution >= 0.6 is 11.3 Å². The molecule has 5 nitrogen and oxygen atoms in total. The second-order valence-corrected chi connectivity index (χ2v) is 7.96. The Balaban J connectivity index is 1.55. The maximum atomic E-state index is 13.2. The first-order valence-corrected chi connectivity index (χ1v) is 9.76. The first-order valence-electron chi connectivity index (χ1n) is 8.94. The second kappa shape index (κ2) is 6.48. The summed E-state index contributed by atoms with van der Waals surface area (Å²) in [5, 5.41) is 7.77. The van der Waals surface area contributed by atoms with Gasteiger partial charge in [0.05, 0.1) is 16.0 Å². The number of halogens is 3. The zero-order valence-electron chi connectivity index (χ0n) is 15.0. The Hall–Kier alpha value is -3.07. The molecule has 1 aliphatic heterocycles. The third kappa shape index (κ3) is 3.21. The summed E-state index contributed by atoms with van der Waals surface area (Å²) < 4.78 is 45.7. The third-order valence-corrected chi connectivity index (χ3v) is 6.23. The van der Waals surface area contributed by atoms with E-state index in [1.165, 1.54) is 0 Å². The number of hydrogen-bond acceptors (Lipinski definition) is 6. The number of para-hydroxylation sites is 1. The summed E-state index contributed by atoms with van der Waals surface area (Å²) in [5.41, 5.74) is 8.66. The number of aromatic nitrogens is 2. The van der Waals surface area contributed by atoms with Crippen LogP contribution in [0, 0.1) is 0 Å². The van der Waals surface area contributed by atoms with Gasteiger partial charge in [0.25, 0.3) is 0 Å². The minimum atomic E-state index is -4.37. The van der Waals surface area contributed by atoms with Crippen molar-refractivity contribution in [3.05, 3.63) is 59.5 Å². The molecule has 3 heterocycles. The highest BCUT2D eigenvalue weighted by atomic mass is 32.1. The third-order valence-electron chi connectivity index (χ3n) is 4.94. The lowest BCUT2D eigenvalue weighted by atomic mass is 10.1. The topological polar surface area (TPSA) is 77.0 Å². The van der Waals surface area contributed by atoms with Gasteiger partial charge in [-0.05, 0) is 28.6 Å². The normalized spacial score (nSPS) is 16.2. The Morgan fingerprint density at radius 1 is 1.17 bits per heavy atom. The number of hydrogen-bond donors (Lipinski definition) is 2. The van der Waals surface area contributed by atoms with Crippen LogP contribution in [0.2, 0.25) is 0 Å². The molecule has 9 heteroatoms. The van der Waals surface area contributed by atoms with Crippen LogP contribution in [-0.4, -0.2) is 16.3 Å². The van der Waals surface area contributed by atoms with Gasteiger partial charge in [0.2, 0.25) is 11.7 Å². The Bertz CT molecular complexity index is 1190. The Morgan fingerprint density at radius 3 is 2.79 bits per heavy atom. The summed E-state index contributed by atoms with van der Waals surface area (Å²) in [6, 6.07) is 12.6. The van der Waals surface area contributed by atoms with Crippen molar-refractivity contribution in [2.75, 3.05) is 11.1 Å². The van der Waals surface area contributed by atoms with E-state index < -0.39 is 12.6 Å². The molecule has 5 rings (SSSR count). The number of nitrogens with two attached hydrogens (primary N) is 1. The lowest BCUT2D eigenvalue weighted by Crippen LogP contribution is -2.12. The van der Waals surface area contributed by atoms with E-state index in [1.807, 2.05) is 24.3 Å². The number of anilines is 2. The van der Waals surface area contributed by atoms with Crippen molar-refractivity contribution in [1.82, 2.24) is 10.1 Å². The number of rotatable bonds is 3. The summed E-state index contributed by atoms with van der Waals surface area (Å²) in [5.74, 6) is 0.497. The van der Waals surface area contributed by atoms with E-state index in [0.717, 1.165) is 22.6 Å². The summed E-state index contributed by atoms with van der Waals surface area (Å²) in [6.45, 7) is 0. The minimum absolute atomic E-state index is 0.125. The highest BCUT2D eigenvalue weighted by Crippen LogP contribution is 2.43. The molecule has 0 radical (unpaired) electrons. The van der Waals surface area contributed by atoms with Crippen LogP contribution in [0.5, 0.6) is 0 Å². The highest BCUT2D eigenvalue weighted by Gasteiger charge is 2.33. The average molecular weight is 416 g/mol. The van der Waals surface area contributed by atoms with E-state index in [2.05, 4.69) is 15.5 Å². The van der Waals surface area contributed by atoms with Crippen molar-refractivity contribution in [3.63, 3.8) is 0 Å². The van der Waals surface area contributed by atoms with Gasteiger partial charge in [-0.2, -0.15) is 18.2 Å². The Kier molecular flexibility index (Phi) is 4.02. The molecule has 0 spiro atoms. The predicted octanol–water partition coefficient (Wildman–Crippen LogP) is 5.35. The van der Waals surface area contributed by atoms with Gasteiger partial charge >= 0.3 is 6.18 Å². The van der Waals surface area contributed by atoms with Gasteiger partial charge < -0.3 is 15.6 Å². The molecule has 148 valence electrons. The van der Waals surface area contributed by atoms with Crippen molar-refractivity contribution < 1.29 is 17.7 Å². The molecular weight excluding hydrogens is 401 g/mol. The summed E-state index contributed by atoms with van der Waals surface area (Å²) >= 11 is 1.16. The van der Waals surface area contributed by atoms with Gasteiger partial charge in [-0.3, -0.25) is 0 Å². The van der Waals surface area contributed by atoms with E-state index in [-0.39, 0.29) is 17.4 Å². The van der Waals surface area contributed by atoms with Crippen molar-refractivity contribution in [1.29, 1.82) is 0 Å². The Labute approximate surface area is 167 Å². The molecule has 0 amide bonds. The van der Waals surface area contributed by atoms with Crippen LogP contribution < -0.4 is 11.1 Å². The molecule has 1 unspecified atom stereocenters. The molecule has 29 heavy (non-hydrogen) atoms. The number of nitrogens with one attached hydrogen (secondary N) is 1. The zero-order valence-corrected chi connectivity index (χ0v) is 15.8. The lowest BCUT2D eigenvalue weighted by molar-refractivity contribution is -0.126. The molecule has 2 aromatic carbocycles. The van der Waals surface area contributed by atoms with Crippen molar-refractivity contribution in [3.8, 4) is 10.7 Å². The van der Waals surface area contributed by atoms with Gasteiger partial charge in [-0.15, -0.1) is 11.3 Å². The quantitative estimate of drug-likeness (QED) is 0.441. The summed E-state index contributed by atoms with van der Waals surface area (Å²) in [6.07, 6.45) is -4.77. The van der Waals surface area contributed by atoms with E-state index in [1.54, 1.807) is 18.2 Å². The standard InChI is InChI=1S/C20H15F3N4OS/c21-20(22,23)9-12-11-5-3-6-13(24)16(11)29-17(12)18-26-19(28-27-18)15-8-10-4-1-2-7-14(10)25-15/h1-7,15,25H,8-9,24H2. The Morgan fingerprint density at radius 2 is 2.00 bits per heavy atom.